The maximum absolute atomic E-state index is 13.3. The number of hydrogen-bond acceptors (Lipinski definition) is 3. The number of rotatable bonds is 2. The molecule has 0 unspecified atom stereocenters. The Morgan fingerprint density at radius 1 is 1.39 bits per heavy atom. The van der Waals surface area contributed by atoms with Gasteiger partial charge in [-0.05, 0) is 12.1 Å². The van der Waals surface area contributed by atoms with Crippen molar-refractivity contribution in [2.75, 3.05) is 10.6 Å². The first-order valence-corrected chi connectivity index (χ1v) is 4.96. The van der Waals surface area contributed by atoms with Gasteiger partial charge in [-0.1, -0.05) is 12.1 Å². The Morgan fingerprint density at radius 2 is 2.17 bits per heavy atom. The van der Waals surface area contributed by atoms with E-state index in [1.54, 1.807) is 6.07 Å². The number of aromatic nitrogens is 2. The van der Waals surface area contributed by atoms with Crippen molar-refractivity contribution in [2.24, 2.45) is 0 Å². The summed E-state index contributed by atoms with van der Waals surface area (Å²) in [5.41, 5.74) is 0.242. The molecule has 0 radical (unpaired) electrons. The molecule has 2 aromatic rings. The zero-order chi connectivity index (χ0) is 13.0. The van der Waals surface area contributed by atoms with E-state index in [0.29, 0.717) is 0 Å². The van der Waals surface area contributed by atoms with Gasteiger partial charge in [0.2, 0.25) is 0 Å². The van der Waals surface area contributed by atoms with Crippen LogP contribution in [0, 0.1) is 17.1 Å². The molecule has 2 rings (SSSR count). The number of nitrogens with zero attached hydrogens (tertiary/aromatic N) is 2. The number of anilines is 2. The van der Waals surface area contributed by atoms with Crippen LogP contribution in [0.25, 0.3) is 0 Å². The number of aromatic amines is 1. The number of para-hydroxylation sites is 1. The molecule has 0 saturated heterocycles. The molecule has 0 bridgehead atoms. The molecule has 0 aliphatic heterocycles. The van der Waals surface area contributed by atoms with Crippen molar-refractivity contribution in [1.82, 2.24) is 10.2 Å². The van der Waals surface area contributed by atoms with Crippen molar-refractivity contribution in [1.29, 1.82) is 5.26 Å². The average molecular weight is 245 g/mol. The second kappa shape index (κ2) is 4.97. The largest absolute Gasteiger partial charge is 0.324 e. The number of carbonyl (C=O) groups is 1. The van der Waals surface area contributed by atoms with Crippen LogP contribution in [0.5, 0.6) is 0 Å². The van der Waals surface area contributed by atoms with Crippen LogP contribution >= 0.6 is 0 Å². The van der Waals surface area contributed by atoms with Gasteiger partial charge in [0.1, 0.15) is 23.3 Å². The minimum absolute atomic E-state index is 0.0491. The van der Waals surface area contributed by atoms with Gasteiger partial charge in [-0.15, -0.1) is 0 Å². The number of nitriles is 1. The number of urea groups is 1. The second-order valence-electron chi connectivity index (χ2n) is 3.33. The van der Waals surface area contributed by atoms with E-state index in [1.807, 2.05) is 6.07 Å². The summed E-state index contributed by atoms with van der Waals surface area (Å²) in [7, 11) is 0. The van der Waals surface area contributed by atoms with Crippen molar-refractivity contribution in [3.8, 4) is 6.07 Å². The second-order valence-corrected chi connectivity index (χ2v) is 3.33. The summed E-state index contributed by atoms with van der Waals surface area (Å²) in [6.45, 7) is 0. The molecule has 0 spiro atoms. The normalized spacial score (nSPS) is 9.56. The third-order valence-electron chi connectivity index (χ3n) is 2.12. The summed E-state index contributed by atoms with van der Waals surface area (Å²) in [6, 6.07) is 6.94. The first kappa shape index (κ1) is 11.6. The smallest absolute Gasteiger partial charge is 0.305 e. The highest BCUT2D eigenvalue weighted by Crippen LogP contribution is 2.14. The van der Waals surface area contributed by atoms with Crippen LogP contribution in [0.3, 0.4) is 0 Å². The Bertz CT molecular complexity index is 610. The van der Waals surface area contributed by atoms with Gasteiger partial charge in [-0.2, -0.15) is 10.4 Å². The Morgan fingerprint density at radius 3 is 2.89 bits per heavy atom. The van der Waals surface area contributed by atoms with Crippen LogP contribution in [-0.4, -0.2) is 16.2 Å². The van der Waals surface area contributed by atoms with Crippen molar-refractivity contribution in [2.45, 2.75) is 0 Å². The highest BCUT2D eigenvalue weighted by molar-refractivity contribution is 5.99. The van der Waals surface area contributed by atoms with Crippen LogP contribution < -0.4 is 10.6 Å². The molecule has 0 atom stereocenters. The Kier molecular flexibility index (Phi) is 3.20. The van der Waals surface area contributed by atoms with E-state index < -0.39 is 11.8 Å². The molecule has 1 aromatic heterocycles. The fourth-order valence-electron chi connectivity index (χ4n) is 1.30. The molecule has 90 valence electrons. The van der Waals surface area contributed by atoms with E-state index >= 15 is 0 Å². The fourth-order valence-corrected chi connectivity index (χ4v) is 1.30. The standard InChI is InChI=1S/C11H8FN5O/c12-8-3-1-2-4-9(8)15-11(18)16-10-7(5-13)6-14-17-10/h1-4,6H,(H3,14,15,16,17,18). The van der Waals surface area contributed by atoms with Gasteiger partial charge in [0.25, 0.3) is 0 Å². The van der Waals surface area contributed by atoms with Crippen LogP contribution in [0.1, 0.15) is 5.56 Å². The van der Waals surface area contributed by atoms with Crippen molar-refractivity contribution in [3.63, 3.8) is 0 Å². The van der Waals surface area contributed by atoms with Crippen LogP contribution in [0.15, 0.2) is 30.5 Å². The van der Waals surface area contributed by atoms with Crippen molar-refractivity contribution >= 4 is 17.5 Å². The number of benzene rings is 1. The van der Waals surface area contributed by atoms with E-state index in [1.165, 1.54) is 24.4 Å². The molecule has 18 heavy (non-hydrogen) atoms. The highest BCUT2D eigenvalue weighted by Gasteiger charge is 2.10. The minimum Gasteiger partial charge on any atom is -0.305 e. The SMILES string of the molecule is N#Cc1cn[nH]c1NC(=O)Nc1ccccc1F. The highest BCUT2D eigenvalue weighted by atomic mass is 19.1. The number of nitrogens with one attached hydrogen (secondary N) is 3. The number of carbonyl (C=O) groups excluding carboxylic acids is 1. The maximum atomic E-state index is 13.3. The lowest BCUT2D eigenvalue weighted by Gasteiger charge is -2.06. The lowest BCUT2D eigenvalue weighted by Crippen LogP contribution is -2.20. The van der Waals surface area contributed by atoms with Crippen LogP contribution in [0.4, 0.5) is 20.7 Å². The number of H-pyrrole nitrogens is 1. The molecule has 1 aromatic carbocycles. The zero-order valence-electron chi connectivity index (χ0n) is 9.07. The van der Waals surface area contributed by atoms with Crippen molar-refractivity contribution < 1.29 is 9.18 Å². The quantitative estimate of drug-likeness (QED) is 0.755. The van der Waals surface area contributed by atoms with Gasteiger partial charge in [-0.25, -0.2) is 9.18 Å². The molecule has 0 aliphatic rings. The lowest BCUT2D eigenvalue weighted by atomic mass is 10.3. The molecular weight excluding hydrogens is 237 g/mol. The summed E-state index contributed by atoms with van der Waals surface area (Å²) >= 11 is 0. The first-order valence-electron chi connectivity index (χ1n) is 4.96. The predicted molar refractivity (Wildman–Crippen MR) is 62.3 cm³/mol. The van der Waals surface area contributed by atoms with E-state index in [-0.39, 0.29) is 17.1 Å². The Hall–Kier alpha value is -2.88. The lowest BCUT2D eigenvalue weighted by molar-refractivity contribution is 0.262. The minimum atomic E-state index is -0.666. The van der Waals surface area contributed by atoms with Crippen LogP contribution in [-0.2, 0) is 0 Å². The third-order valence-corrected chi connectivity index (χ3v) is 2.12. The molecule has 7 heteroatoms. The van der Waals surface area contributed by atoms with E-state index in [4.69, 9.17) is 5.26 Å². The van der Waals surface area contributed by atoms with Crippen molar-refractivity contribution in [3.05, 3.63) is 41.8 Å². The topological polar surface area (TPSA) is 93.6 Å². The summed E-state index contributed by atoms with van der Waals surface area (Å²) < 4.78 is 13.3. The first-order chi connectivity index (χ1) is 8.70. The molecule has 3 N–H and O–H groups in total. The Labute approximate surface area is 101 Å². The third kappa shape index (κ3) is 2.44. The van der Waals surface area contributed by atoms with Gasteiger partial charge < -0.3 is 5.32 Å². The van der Waals surface area contributed by atoms with Gasteiger partial charge in [-0.3, -0.25) is 10.4 Å². The zero-order valence-corrected chi connectivity index (χ0v) is 9.07. The monoisotopic (exact) mass is 245 g/mol. The van der Waals surface area contributed by atoms with Crippen LogP contribution in [0.2, 0.25) is 0 Å². The van der Waals surface area contributed by atoms with Gasteiger partial charge in [0.05, 0.1) is 11.9 Å². The molecule has 1 heterocycles. The molecular formula is C11H8FN5O. The van der Waals surface area contributed by atoms with E-state index in [9.17, 15) is 9.18 Å². The molecule has 0 saturated carbocycles. The number of hydrogen-bond donors (Lipinski definition) is 3. The summed E-state index contributed by atoms with van der Waals surface area (Å²) in [5.74, 6) is -0.385. The number of amides is 2. The Balaban J connectivity index is 2.06. The fraction of sp³-hybridized carbons (Fsp3) is 0. The molecule has 2 amide bonds. The molecule has 6 nitrogen and oxygen atoms in total. The van der Waals surface area contributed by atoms with Gasteiger partial charge >= 0.3 is 6.03 Å². The summed E-state index contributed by atoms with van der Waals surface area (Å²) in [6.07, 6.45) is 1.28. The number of halogens is 1. The predicted octanol–water partition coefficient (Wildman–Crippen LogP) is 2.06. The summed E-state index contributed by atoms with van der Waals surface area (Å²) in [5, 5.41) is 19.4. The molecule has 0 aliphatic carbocycles. The average Bonchev–Trinajstić information content (AvgIpc) is 2.79. The van der Waals surface area contributed by atoms with Gasteiger partial charge in [0, 0.05) is 0 Å². The van der Waals surface area contributed by atoms with Gasteiger partial charge in [0.15, 0.2) is 0 Å². The maximum Gasteiger partial charge on any atom is 0.324 e. The summed E-state index contributed by atoms with van der Waals surface area (Å²) in [4.78, 5) is 11.6. The van der Waals surface area contributed by atoms with E-state index in [2.05, 4.69) is 20.8 Å². The molecule has 0 fully saturated rings. The van der Waals surface area contributed by atoms with E-state index in [0.717, 1.165) is 0 Å².